The highest BCUT2D eigenvalue weighted by Gasteiger charge is 2.25. The molecule has 1 aromatic heterocycles. The number of thioether (sulfide) groups is 1. The lowest BCUT2D eigenvalue weighted by Crippen LogP contribution is -2.04. The van der Waals surface area contributed by atoms with Gasteiger partial charge in [-0.25, -0.2) is 0 Å². The third-order valence-electron chi connectivity index (χ3n) is 2.62. The molecule has 0 saturated carbocycles. The highest BCUT2D eigenvalue weighted by molar-refractivity contribution is 7.98. The van der Waals surface area contributed by atoms with Crippen LogP contribution in [0.15, 0.2) is 23.4 Å². The van der Waals surface area contributed by atoms with Crippen LogP contribution in [0, 0.1) is 28.4 Å². The Morgan fingerprint density at radius 1 is 1.41 bits per heavy atom. The number of aromatic nitrogens is 2. The van der Waals surface area contributed by atoms with E-state index in [9.17, 15) is 10.1 Å². The normalized spacial score (nSPS) is 10.0. The van der Waals surface area contributed by atoms with Gasteiger partial charge in [0.05, 0.1) is 16.6 Å². The molecule has 0 aliphatic carbocycles. The molecule has 0 atom stereocenters. The highest BCUT2D eigenvalue weighted by Crippen LogP contribution is 2.35. The van der Waals surface area contributed by atoms with Crippen LogP contribution in [-0.4, -0.2) is 21.1 Å². The van der Waals surface area contributed by atoms with Gasteiger partial charge in [-0.2, -0.15) is 15.2 Å². The predicted molar refractivity (Wildman–Crippen MR) is 80.8 cm³/mol. The predicted octanol–water partition coefficient (Wildman–Crippen LogP) is 2.66. The Bertz CT molecular complexity index is 788. The SMILES string of the molecule is CSc1nc(N)c([N+](=O)[O-])c(Oc2cc(C)cc(C#N)c2)n1. The molecule has 1 heterocycles. The molecule has 0 saturated heterocycles. The summed E-state index contributed by atoms with van der Waals surface area (Å²) in [5.41, 5.74) is 6.26. The van der Waals surface area contributed by atoms with E-state index in [2.05, 4.69) is 9.97 Å². The number of hydrogen-bond donors (Lipinski definition) is 1. The fourth-order valence-electron chi connectivity index (χ4n) is 1.75. The second-order valence-corrected chi connectivity index (χ2v) is 5.03. The summed E-state index contributed by atoms with van der Waals surface area (Å²) < 4.78 is 5.48. The molecule has 1 aromatic carbocycles. The van der Waals surface area contributed by atoms with E-state index in [1.807, 2.05) is 6.07 Å². The molecule has 0 amide bonds. The maximum atomic E-state index is 11.1. The van der Waals surface area contributed by atoms with E-state index in [4.69, 9.17) is 15.7 Å². The van der Waals surface area contributed by atoms with Crippen LogP contribution in [0.3, 0.4) is 0 Å². The lowest BCUT2D eigenvalue weighted by atomic mass is 10.1. The van der Waals surface area contributed by atoms with Gasteiger partial charge in [0.1, 0.15) is 5.75 Å². The van der Waals surface area contributed by atoms with Gasteiger partial charge in [0.15, 0.2) is 5.16 Å². The summed E-state index contributed by atoms with van der Waals surface area (Å²) in [5.74, 6) is -0.256. The van der Waals surface area contributed by atoms with Crippen LogP contribution in [-0.2, 0) is 0 Å². The van der Waals surface area contributed by atoms with E-state index >= 15 is 0 Å². The van der Waals surface area contributed by atoms with Crippen LogP contribution in [0.4, 0.5) is 11.5 Å². The summed E-state index contributed by atoms with van der Waals surface area (Å²) in [6, 6.07) is 6.77. The van der Waals surface area contributed by atoms with Crippen molar-refractivity contribution in [3.63, 3.8) is 0 Å². The van der Waals surface area contributed by atoms with E-state index < -0.39 is 10.6 Å². The van der Waals surface area contributed by atoms with Crippen molar-refractivity contribution in [3.05, 3.63) is 39.4 Å². The van der Waals surface area contributed by atoms with Crippen molar-refractivity contribution < 1.29 is 9.66 Å². The number of aryl methyl sites for hydroxylation is 1. The zero-order valence-electron chi connectivity index (χ0n) is 11.7. The quantitative estimate of drug-likeness (QED) is 0.394. The van der Waals surface area contributed by atoms with Crippen LogP contribution in [0.5, 0.6) is 11.6 Å². The highest BCUT2D eigenvalue weighted by atomic mass is 32.2. The Balaban J connectivity index is 2.53. The average Bonchev–Trinajstić information content (AvgIpc) is 2.45. The van der Waals surface area contributed by atoms with Gasteiger partial charge in [-0.3, -0.25) is 10.1 Å². The van der Waals surface area contributed by atoms with E-state index in [1.165, 1.54) is 17.8 Å². The number of nitrogen functional groups attached to an aromatic ring is 1. The Kier molecular flexibility index (Phi) is 4.43. The number of rotatable bonds is 4. The first kappa shape index (κ1) is 15.5. The van der Waals surface area contributed by atoms with Crippen LogP contribution in [0.25, 0.3) is 0 Å². The number of nitriles is 1. The summed E-state index contributed by atoms with van der Waals surface area (Å²) >= 11 is 1.18. The summed E-state index contributed by atoms with van der Waals surface area (Å²) in [6.45, 7) is 1.78. The first-order valence-corrected chi connectivity index (χ1v) is 7.22. The lowest BCUT2D eigenvalue weighted by Gasteiger charge is -2.08. The number of nitro groups is 1. The van der Waals surface area contributed by atoms with Crippen LogP contribution in [0.1, 0.15) is 11.1 Å². The minimum Gasteiger partial charge on any atom is -0.433 e. The molecule has 0 radical (unpaired) electrons. The maximum Gasteiger partial charge on any atom is 0.373 e. The fourth-order valence-corrected chi connectivity index (χ4v) is 2.11. The Morgan fingerprint density at radius 2 is 2.14 bits per heavy atom. The summed E-state index contributed by atoms with van der Waals surface area (Å²) in [7, 11) is 0. The number of anilines is 1. The molecule has 112 valence electrons. The Labute approximate surface area is 130 Å². The molecular formula is C13H11N5O3S. The van der Waals surface area contributed by atoms with Gasteiger partial charge >= 0.3 is 11.6 Å². The topological polar surface area (TPSA) is 128 Å². The molecule has 0 unspecified atom stereocenters. The summed E-state index contributed by atoms with van der Waals surface area (Å²) in [4.78, 5) is 18.2. The van der Waals surface area contributed by atoms with Crippen LogP contribution < -0.4 is 10.5 Å². The van der Waals surface area contributed by atoms with Crippen molar-refractivity contribution in [1.29, 1.82) is 5.26 Å². The minimum absolute atomic E-state index is 0.253. The number of hydrogen-bond acceptors (Lipinski definition) is 8. The molecule has 2 aromatic rings. The standard InChI is InChI=1S/C13H11N5O3S/c1-7-3-8(6-14)5-9(4-7)21-12-10(18(19)20)11(15)16-13(17-12)22-2/h3-5H,1-2H3,(H2,15,16,17). The van der Waals surface area contributed by atoms with Gasteiger partial charge in [-0.1, -0.05) is 11.8 Å². The van der Waals surface area contributed by atoms with Gasteiger partial charge in [0.25, 0.3) is 0 Å². The number of nitrogens with two attached hydrogens (primary N) is 1. The summed E-state index contributed by atoms with van der Waals surface area (Å²) in [6.07, 6.45) is 1.71. The molecule has 0 fully saturated rings. The van der Waals surface area contributed by atoms with Crippen molar-refractivity contribution >= 4 is 23.3 Å². The molecule has 8 nitrogen and oxygen atoms in total. The molecule has 0 spiro atoms. The first-order chi connectivity index (χ1) is 10.4. The molecule has 2 rings (SSSR count). The molecular weight excluding hydrogens is 306 g/mol. The molecule has 0 aliphatic heterocycles. The second kappa shape index (κ2) is 6.28. The third kappa shape index (κ3) is 3.24. The molecule has 0 aliphatic rings. The van der Waals surface area contributed by atoms with Crippen LogP contribution in [0.2, 0.25) is 0 Å². The summed E-state index contributed by atoms with van der Waals surface area (Å²) in [5, 5.41) is 20.3. The second-order valence-electron chi connectivity index (χ2n) is 4.26. The van der Waals surface area contributed by atoms with E-state index in [-0.39, 0.29) is 22.6 Å². The van der Waals surface area contributed by atoms with Gasteiger partial charge in [0, 0.05) is 0 Å². The Morgan fingerprint density at radius 3 is 2.73 bits per heavy atom. The van der Waals surface area contributed by atoms with Gasteiger partial charge in [0.2, 0.25) is 5.82 Å². The fraction of sp³-hybridized carbons (Fsp3) is 0.154. The smallest absolute Gasteiger partial charge is 0.373 e. The van der Waals surface area contributed by atoms with Crippen molar-refractivity contribution in [2.75, 3.05) is 12.0 Å². The third-order valence-corrected chi connectivity index (χ3v) is 3.17. The molecule has 9 heteroatoms. The minimum atomic E-state index is -0.699. The number of ether oxygens (including phenoxy) is 1. The Hall–Kier alpha value is -2.86. The monoisotopic (exact) mass is 317 g/mol. The zero-order chi connectivity index (χ0) is 16.3. The van der Waals surface area contributed by atoms with Crippen LogP contribution >= 0.6 is 11.8 Å². The van der Waals surface area contributed by atoms with Crippen molar-refractivity contribution in [2.45, 2.75) is 12.1 Å². The van der Waals surface area contributed by atoms with Crippen molar-refractivity contribution in [1.82, 2.24) is 9.97 Å². The number of nitrogens with zero attached hydrogens (tertiary/aromatic N) is 4. The van der Waals surface area contributed by atoms with E-state index in [1.54, 1.807) is 25.3 Å². The first-order valence-electron chi connectivity index (χ1n) is 6.00. The number of benzene rings is 1. The van der Waals surface area contributed by atoms with Gasteiger partial charge in [-0.05, 0) is 36.9 Å². The largest absolute Gasteiger partial charge is 0.433 e. The lowest BCUT2D eigenvalue weighted by molar-refractivity contribution is -0.385. The molecule has 2 N–H and O–H groups in total. The van der Waals surface area contributed by atoms with E-state index in [0.717, 1.165) is 5.56 Å². The molecule has 0 bridgehead atoms. The van der Waals surface area contributed by atoms with Gasteiger partial charge in [-0.15, -0.1) is 0 Å². The van der Waals surface area contributed by atoms with Crippen molar-refractivity contribution in [2.24, 2.45) is 0 Å². The van der Waals surface area contributed by atoms with E-state index in [0.29, 0.717) is 5.56 Å². The average molecular weight is 317 g/mol. The van der Waals surface area contributed by atoms with Crippen molar-refractivity contribution in [3.8, 4) is 17.7 Å². The molecule has 22 heavy (non-hydrogen) atoms. The van der Waals surface area contributed by atoms with Gasteiger partial charge < -0.3 is 10.5 Å². The maximum absolute atomic E-state index is 11.1. The zero-order valence-corrected chi connectivity index (χ0v) is 12.5.